The molecule has 6 heteroatoms. The summed E-state index contributed by atoms with van der Waals surface area (Å²) < 4.78 is 7.27. The van der Waals surface area contributed by atoms with Gasteiger partial charge in [0.05, 0.1) is 30.2 Å². The predicted octanol–water partition coefficient (Wildman–Crippen LogP) is 3.61. The number of carbonyl (C=O) groups excluding carboxylic acids is 1. The molecule has 1 amide bonds. The number of imidazole rings is 1. The molecule has 0 aliphatic rings. The highest BCUT2D eigenvalue weighted by Gasteiger charge is 2.15. The van der Waals surface area contributed by atoms with E-state index in [1.807, 2.05) is 42.7 Å². The lowest BCUT2D eigenvalue weighted by Crippen LogP contribution is -2.37. The number of carbonyl (C=O) groups is 1. The van der Waals surface area contributed by atoms with E-state index in [1.165, 1.54) is 0 Å². The van der Waals surface area contributed by atoms with Gasteiger partial charge in [-0.1, -0.05) is 30.3 Å². The van der Waals surface area contributed by atoms with Crippen LogP contribution >= 0.6 is 0 Å². The monoisotopic (exact) mass is 372 g/mol. The highest BCUT2D eigenvalue weighted by Crippen LogP contribution is 2.21. The van der Waals surface area contributed by atoms with E-state index in [0.717, 1.165) is 21.6 Å². The van der Waals surface area contributed by atoms with Gasteiger partial charge in [-0.3, -0.25) is 4.79 Å². The molecule has 0 spiro atoms. The second kappa shape index (κ2) is 7.54. The fraction of sp³-hybridized carbons (Fsp3) is 0.0909. The molecule has 140 valence electrons. The smallest absolute Gasteiger partial charge is 0.272 e. The van der Waals surface area contributed by atoms with Crippen LogP contribution in [0.15, 0.2) is 79.1 Å². The van der Waals surface area contributed by atoms with Gasteiger partial charge in [0.15, 0.2) is 0 Å². The maximum Gasteiger partial charge on any atom is 0.272 e. The van der Waals surface area contributed by atoms with Crippen LogP contribution < -0.4 is 15.6 Å². The van der Waals surface area contributed by atoms with E-state index >= 15 is 0 Å². The Morgan fingerprint density at radius 2 is 1.86 bits per heavy atom. The van der Waals surface area contributed by atoms with Gasteiger partial charge in [0.1, 0.15) is 5.75 Å². The quantitative estimate of drug-likeness (QED) is 0.330. The van der Waals surface area contributed by atoms with E-state index in [1.54, 1.807) is 43.5 Å². The Hall–Kier alpha value is -3.64. The summed E-state index contributed by atoms with van der Waals surface area (Å²) >= 11 is 0. The molecular weight excluding hydrogens is 352 g/mol. The molecule has 1 aromatic heterocycles. The van der Waals surface area contributed by atoms with Crippen molar-refractivity contribution in [1.82, 2.24) is 9.55 Å². The number of rotatable bonds is 5. The molecule has 0 aliphatic carbocycles. The van der Waals surface area contributed by atoms with Gasteiger partial charge < -0.3 is 9.30 Å². The van der Waals surface area contributed by atoms with Crippen LogP contribution in [0.5, 0.6) is 5.75 Å². The molecule has 0 saturated carbocycles. The normalized spacial score (nSPS) is 10.8. The van der Waals surface area contributed by atoms with Crippen LogP contribution in [0.1, 0.15) is 15.9 Å². The molecule has 0 bridgehead atoms. The lowest BCUT2D eigenvalue weighted by atomic mass is 10.1. The summed E-state index contributed by atoms with van der Waals surface area (Å²) in [4.78, 5) is 17.1. The molecule has 0 fully saturated rings. The van der Waals surface area contributed by atoms with Crippen molar-refractivity contribution in [1.29, 1.82) is 0 Å². The van der Waals surface area contributed by atoms with Crippen molar-refractivity contribution >= 4 is 22.6 Å². The van der Waals surface area contributed by atoms with Gasteiger partial charge in [0, 0.05) is 18.2 Å². The standard InChI is InChI=1S/C22H20N4O2/c1-28-19-6-4-5-18(13-19)26(23)22(27)17-11-9-16(10-12-17)14-25-15-24-20-7-2-3-8-21(20)25/h2-13,15H,14,23H2,1H3. The van der Waals surface area contributed by atoms with Crippen LogP contribution in [0.2, 0.25) is 0 Å². The minimum Gasteiger partial charge on any atom is -0.497 e. The van der Waals surface area contributed by atoms with Gasteiger partial charge in [0.2, 0.25) is 0 Å². The number of para-hydroxylation sites is 2. The van der Waals surface area contributed by atoms with Crippen LogP contribution in [-0.4, -0.2) is 22.6 Å². The number of nitrogens with zero attached hydrogens (tertiary/aromatic N) is 3. The van der Waals surface area contributed by atoms with E-state index in [9.17, 15) is 4.79 Å². The maximum absolute atomic E-state index is 12.7. The van der Waals surface area contributed by atoms with Crippen molar-refractivity contribution in [2.75, 3.05) is 12.1 Å². The summed E-state index contributed by atoms with van der Waals surface area (Å²) in [5.74, 6) is 6.38. The molecule has 1 heterocycles. The predicted molar refractivity (Wildman–Crippen MR) is 109 cm³/mol. The Balaban J connectivity index is 1.51. The highest BCUT2D eigenvalue weighted by molar-refractivity contribution is 6.05. The zero-order chi connectivity index (χ0) is 19.5. The van der Waals surface area contributed by atoms with Crippen molar-refractivity contribution in [2.45, 2.75) is 6.54 Å². The topological polar surface area (TPSA) is 73.4 Å². The first-order valence-electron chi connectivity index (χ1n) is 8.88. The van der Waals surface area contributed by atoms with Crippen molar-refractivity contribution in [3.8, 4) is 5.75 Å². The molecule has 28 heavy (non-hydrogen) atoms. The molecular formula is C22H20N4O2. The number of hydrazine groups is 1. The molecule has 0 radical (unpaired) electrons. The fourth-order valence-corrected chi connectivity index (χ4v) is 3.10. The lowest BCUT2D eigenvalue weighted by Gasteiger charge is -2.17. The number of fused-ring (bicyclic) bond motifs is 1. The molecule has 4 rings (SSSR count). The average Bonchev–Trinajstić information content (AvgIpc) is 3.16. The Bertz CT molecular complexity index is 1120. The zero-order valence-electron chi connectivity index (χ0n) is 15.4. The van der Waals surface area contributed by atoms with Crippen molar-refractivity contribution in [2.24, 2.45) is 5.84 Å². The summed E-state index contributed by atoms with van der Waals surface area (Å²) in [6.45, 7) is 0.678. The first kappa shape index (κ1) is 17.8. The number of hydrogen-bond donors (Lipinski definition) is 1. The second-order valence-corrected chi connectivity index (χ2v) is 6.43. The van der Waals surface area contributed by atoms with Crippen LogP contribution in [0, 0.1) is 0 Å². The molecule has 3 aromatic carbocycles. The average molecular weight is 372 g/mol. The first-order chi connectivity index (χ1) is 13.7. The molecule has 4 aromatic rings. The van der Waals surface area contributed by atoms with Crippen molar-refractivity contribution < 1.29 is 9.53 Å². The number of benzene rings is 3. The number of aromatic nitrogens is 2. The van der Waals surface area contributed by atoms with Gasteiger partial charge in [-0.15, -0.1) is 0 Å². The van der Waals surface area contributed by atoms with E-state index < -0.39 is 0 Å². The van der Waals surface area contributed by atoms with Gasteiger partial charge in [-0.05, 0) is 42.0 Å². The Kier molecular flexibility index (Phi) is 4.78. The van der Waals surface area contributed by atoms with Crippen LogP contribution in [0.25, 0.3) is 11.0 Å². The highest BCUT2D eigenvalue weighted by atomic mass is 16.5. The van der Waals surface area contributed by atoms with Gasteiger partial charge in [-0.2, -0.15) is 0 Å². The zero-order valence-corrected chi connectivity index (χ0v) is 15.4. The summed E-state index contributed by atoms with van der Waals surface area (Å²) in [6.07, 6.45) is 1.83. The minimum atomic E-state index is -0.284. The first-order valence-corrected chi connectivity index (χ1v) is 8.88. The molecule has 0 atom stereocenters. The molecule has 2 N–H and O–H groups in total. The molecule has 0 unspecified atom stereocenters. The fourth-order valence-electron chi connectivity index (χ4n) is 3.10. The number of nitrogens with two attached hydrogens (primary N) is 1. The number of anilines is 1. The van der Waals surface area contributed by atoms with E-state index in [4.69, 9.17) is 10.6 Å². The van der Waals surface area contributed by atoms with Gasteiger partial charge in [0.25, 0.3) is 5.91 Å². The summed E-state index contributed by atoms with van der Waals surface area (Å²) in [6, 6.07) is 22.5. The molecule has 0 aliphatic heterocycles. The second-order valence-electron chi connectivity index (χ2n) is 6.43. The third-order valence-corrected chi connectivity index (χ3v) is 4.63. The van der Waals surface area contributed by atoms with Crippen LogP contribution in [0.3, 0.4) is 0 Å². The third-order valence-electron chi connectivity index (χ3n) is 4.63. The van der Waals surface area contributed by atoms with Gasteiger partial charge in [-0.25, -0.2) is 15.8 Å². The van der Waals surface area contributed by atoms with Gasteiger partial charge >= 0.3 is 0 Å². The number of hydrogen-bond acceptors (Lipinski definition) is 4. The Morgan fingerprint density at radius 3 is 2.64 bits per heavy atom. The number of methoxy groups -OCH3 is 1. The largest absolute Gasteiger partial charge is 0.497 e. The maximum atomic E-state index is 12.7. The lowest BCUT2D eigenvalue weighted by molar-refractivity contribution is 0.0987. The van der Waals surface area contributed by atoms with Crippen LogP contribution in [0.4, 0.5) is 5.69 Å². The SMILES string of the molecule is COc1cccc(N(N)C(=O)c2ccc(Cn3cnc4ccccc43)cc2)c1. The summed E-state index contributed by atoms with van der Waals surface area (Å²) in [7, 11) is 1.57. The summed E-state index contributed by atoms with van der Waals surface area (Å²) in [5.41, 5.74) is 4.20. The Morgan fingerprint density at radius 1 is 1.07 bits per heavy atom. The van der Waals surface area contributed by atoms with Crippen molar-refractivity contribution in [3.05, 3.63) is 90.3 Å². The van der Waals surface area contributed by atoms with Crippen LogP contribution in [-0.2, 0) is 6.54 Å². The number of amides is 1. The molecule has 6 nitrogen and oxygen atoms in total. The van der Waals surface area contributed by atoms with E-state index in [0.29, 0.717) is 23.5 Å². The van der Waals surface area contributed by atoms with E-state index in [-0.39, 0.29) is 5.91 Å². The minimum absolute atomic E-state index is 0.284. The molecule has 0 saturated heterocycles. The van der Waals surface area contributed by atoms with E-state index in [2.05, 4.69) is 9.55 Å². The summed E-state index contributed by atoms with van der Waals surface area (Å²) in [5, 5.41) is 1.13. The van der Waals surface area contributed by atoms with Crippen molar-refractivity contribution in [3.63, 3.8) is 0 Å². The Labute approximate surface area is 162 Å². The number of ether oxygens (including phenoxy) is 1. The third kappa shape index (κ3) is 3.45.